The summed E-state index contributed by atoms with van der Waals surface area (Å²) in [6.45, 7) is 3.48. The molecule has 0 aliphatic carbocycles. The van der Waals surface area contributed by atoms with E-state index in [0.717, 1.165) is 45.0 Å². The number of nitrogens with one attached hydrogen (secondary N) is 1. The zero-order valence-corrected chi connectivity index (χ0v) is 11.4. The van der Waals surface area contributed by atoms with Gasteiger partial charge in [0.2, 0.25) is 0 Å². The minimum absolute atomic E-state index is 0.230. The number of ether oxygens (including phenoxy) is 2. The Morgan fingerprint density at radius 2 is 1.95 bits per heavy atom. The molecule has 3 saturated heterocycles. The van der Waals surface area contributed by atoms with E-state index >= 15 is 0 Å². The summed E-state index contributed by atoms with van der Waals surface area (Å²) in [6, 6.07) is 2.11. The van der Waals surface area contributed by atoms with Crippen molar-refractivity contribution in [3.63, 3.8) is 0 Å². The first-order valence-corrected chi connectivity index (χ1v) is 7.40. The highest BCUT2D eigenvalue weighted by Gasteiger charge is 2.41. The fourth-order valence-corrected chi connectivity index (χ4v) is 3.46. The lowest BCUT2D eigenvalue weighted by Gasteiger charge is -2.49. The van der Waals surface area contributed by atoms with E-state index in [1.807, 2.05) is 18.5 Å². The van der Waals surface area contributed by atoms with Crippen LogP contribution in [0.5, 0.6) is 0 Å². The van der Waals surface area contributed by atoms with Crippen LogP contribution in [0.4, 0.5) is 0 Å². The summed E-state index contributed by atoms with van der Waals surface area (Å²) in [5, 5.41) is 3.67. The second-order valence-corrected chi connectivity index (χ2v) is 5.68. The van der Waals surface area contributed by atoms with Crippen molar-refractivity contribution < 1.29 is 9.47 Å². The molecule has 0 radical (unpaired) electrons. The van der Waals surface area contributed by atoms with Gasteiger partial charge in [-0.15, -0.1) is 0 Å². The zero-order chi connectivity index (χ0) is 13.4. The van der Waals surface area contributed by atoms with Crippen molar-refractivity contribution in [1.82, 2.24) is 20.2 Å². The van der Waals surface area contributed by atoms with Crippen molar-refractivity contribution >= 4 is 0 Å². The molecule has 0 saturated carbocycles. The Hall–Kier alpha value is -1.08. The average Bonchev–Trinajstić information content (AvgIpc) is 2.53. The van der Waals surface area contributed by atoms with Crippen LogP contribution in [-0.4, -0.2) is 59.5 Å². The van der Waals surface area contributed by atoms with E-state index in [-0.39, 0.29) is 18.2 Å². The van der Waals surface area contributed by atoms with Gasteiger partial charge >= 0.3 is 0 Å². The number of fused-ring (bicyclic) bond motifs is 2. The Morgan fingerprint density at radius 3 is 2.80 bits per heavy atom. The van der Waals surface area contributed by atoms with Crippen LogP contribution < -0.4 is 5.32 Å². The average molecular weight is 276 g/mol. The molecular formula is C14H20N4O2. The monoisotopic (exact) mass is 276 g/mol. The third-order valence-electron chi connectivity index (χ3n) is 4.47. The molecule has 0 aromatic carbocycles. The van der Waals surface area contributed by atoms with E-state index in [0.29, 0.717) is 6.17 Å². The van der Waals surface area contributed by atoms with Gasteiger partial charge in [0.05, 0.1) is 37.6 Å². The molecule has 6 heteroatoms. The molecule has 4 heterocycles. The van der Waals surface area contributed by atoms with Gasteiger partial charge in [-0.2, -0.15) is 0 Å². The fourth-order valence-electron chi connectivity index (χ4n) is 3.46. The molecule has 1 N–H and O–H groups in total. The van der Waals surface area contributed by atoms with Gasteiger partial charge in [-0.05, 0) is 12.5 Å². The minimum Gasteiger partial charge on any atom is -0.373 e. The third kappa shape index (κ3) is 2.33. The zero-order valence-electron chi connectivity index (χ0n) is 11.4. The molecule has 3 aliphatic heterocycles. The van der Waals surface area contributed by atoms with E-state index in [1.165, 1.54) is 0 Å². The Kier molecular flexibility index (Phi) is 3.39. The Balaban J connectivity index is 1.46. The van der Waals surface area contributed by atoms with E-state index in [4.69, 9.17) is 9.47 Å². The highest BCUT2D eigenvalue weighted by molar-refractivity contribution is 5.01. The van der Waals surface area contributed by atoms with E-state index in [2.05, 4.69) is 20.2 Å². The third-order valence-corrected chi connectivity index (χ3v) is 4.47. The maximum absolute atomic E-state index is 5.85. The smallest absolute Gasteiger partial charge is 0.145 e. The number of hydrogen-bond donors (Lipinski definition) is 1. The normalized spacial score (nSPS) is 38.0. The molecule has 0 spiro atoms. The van der Waals surface area contributed by atoms with Crippen LogP contribution >= 0.6 is 0 Å². The minimum atomic E-state index is 0.230. The van der Waals surface area contributed by atoms with E-state index in [1.54, 1.807) is 0 Å². The molecule has 20 heavy (non-hydrogen) atoms. The van der Waals surface area contributed by atoms with Gasteiger partial charge in [-0.25, -0.2) is 9.97 Å². The SMILES string of the molecule is c1cnc(C2CCN3CC4OCCOC4CC3N2)nc1. The Labute approximate surface area is 118 Å². The van der Waals surface area contributed by atoms with Crippen molar-refractivity contribution in [2.75, 3.05) is 26.3 Å². The molecule has 6 nitrogen and oxygen atoms in total. The van der Waals surface area contributed by atoms with Gasteiger partial charge < -0.3 is 9.47 Å². The van der Waals surface area contributed by atoms with Gasteiger partial charge in [0.1, 0.15) is 5.82 Å². The first kappa shape index (κ1) is 12.6. The summed E-state index contributed by atoms with van der Waals surface area (Å²) in [5.74, 6) is 0.898. The van der Waals surface area contributed by atoms with Crippen molar-refractivity contribution in [1.29, 1.82) is 0 Å². The summed E-state index contributed by atoms with van der Waals surface area (Å²) in [5.41, 5.74) is 0. The first-order chi connectivity index (χ1) is 9.90. The molecule has 1 aromatic heterocycles. The number of rotatable bonds is 1. The van der Waals surface area contributed by atoms with Gasteiger partial charge in [0.15, 0.2) is 0 Å². The quantitative estimate of drug-likeness (QED) is 0.797. The van der Waals surface area contributed by atoms with Gasteiger partial charge in [-0.1, -0.05) is 0 Å². The van der Waals surface area contributed by atoms with Crippen molar-refractivity contribution in [2.45, 2.75) is 37.3 Å². The summed E-state index contributed by atoms with van der Waals surface area (Å²) < 4.78 is 11.7. The second kappa shape index (κ2) is 5.37. The van der Waals surface area contributed by atoms with Crippen LogP contribution in [0.25, 0.3) is 0 Å². The lowest BCUT2D eigenvalue weighted by atomic mass is 9.96. The predicted molar refractivity (Wildman–Crippen MR) is 72.0 cm³/mol. The largest absolute Gasteiger partial charge is 0.373 e. The van der Waals surface area contributed by atoms with E-state index in [9.17, 15) is 0 Å². The van der Waals surface area contributed by atoms with Gasteiger partial charge in [-0.3, -0.25) is 10.2 Å². The molecule has 4 unspecified atom stereocenters. The highest BCUT2D eigenvalue weighted by atomic mass is 16.6. The fraction of sp³-hybridized carbons (Fsp3) is 0.714. The highest BCUT2D eigenvalue weighted by Crippen LogP contribution is 2.29. The van der Waals surface area contributed by atoms with Crippen LogP contribution in [0.3, 0.4) is 0 Å². The summed E-state index contributed by atoms with van der Waals surface area (Å²) >= 11 is 0. The lowest BCUT2D eigenvalue weighted by molar-refractivity contribution is -0.182. The lowest BCUT2D eigenvalue weighted by Crippen LogP contribution is -2.63. The molecule has 1 aromatic rings. The molecule has 0 amide bonds. The van der Waals surface area contributed by atoms with Crippen molar-refractivity contribution in [2.24, 2.45) is 0 Å². The standard InChI is InChI=1S/C14H20N4O2/c1-3-15-14(16-4-1)10-2-5-18-9-12-11(8-13(18)17-10)19-6-7-20-12/h1,3-4,10-13,17H,2,5-9H2. The van der Waals surface area contributed by atoms with Crippen molar-refractivity contribution in [3.8, 4) is 0 Å². The van der Waals surface area contributed by atoms with Crippen LogP contribution in [0.1, 0.15) is 24.7 Å². The molecule has 4 atom stereocenters. The molecule has 108 valence electrons. The summed E-state index contributed by atoms with van der Waals surface area (Å²) in [6.07, 6.45) is 6.46. The number of aromatic nitrogens is 2. The number of hydrogen-bond acceptors (Lipinski definition) is 6. The van der Waals surface area contributed by atoms with Crippen LogP contribution in [-0.2, 0) is 9.47 Å². The second-order valence-electron chi connectivity index (χ2n) is 5.68. The van der Waals surface area contributed by atoms with Crippen LogP contribution in [0.15, 0.2) is 18.5 Å². The van der Waals surface area contributed by atoms with E-state index < -0.39 is 0 Å². The molecule has 3 aliphatic rings. The molecule has 4 rings (SSSR count). The predicted octanol–water partition coefficient (Wildman–Crippen LogP) is 0.327. The number of piperidine rings is 1. The summed E-state index contributed by atoms with van der Waals surface area (Å²) in [4.78, 5) is 11.2. The maximum atomic E-state index is 5.85. The number of nitrogens with zero attached hydrogens (tertiary/aromatic N) is 3. The Bertz CT molecular complexity index is 458. The topological polar surface area (TPSA) is 59.5 Å². The van der Waals surface area contributed by atoms with Gasteiger partial charge in [0.25, 0.3) is 0 Å². The molecule has 3 fully saturated rings. The Morgan fingerprint density at radius 1 is 1.15 bits per heavy atom. The van der Waals surface area contributed by atoms with Gasteiger partial charge in [0, 0.05) is 31.9 Å². The van der Waals surface area contributed by atoms with Crippen molar-refractivity contribution in [3.05, 3.63) is 24.3 Å². The maximum Gasteiger partial charge on any atom is 0.145 e. The summed E-state index contributed by atoms with van der Waals surface area (Å²) in [7, 11) is 0. The molecule has 0 bridgehead atoms. The van der Waals surface area contributed by atoms with Crippen LogP contribution in [0.2, 0.25) is 0 Å². The van der Waals surface area contributed by atoms with Crippen LogP contribution in [0, 0.1) is 0 Å². The molecular weight excluding hydrogens is 256 g/mol. The first-order valence-electron chi connectivity index (χ1n) is 7.40.